The van der Waals surface area contributed by atoms with Crippen LogP contribution < -0.4 is 10.2 Å². The molecule has 0 bridgehead atoms. The van der Waals surface area contributed by atoms with Gasteiger partial charge in [-0.05, 0) is 30.7 Å². The van der Waals surface area contributed by atoms with Crippen molar-refractivity contribution in [2.45, 2.75) is 32.9 Å². The van der Waals surface area contributed by atoms with Gasteiger partial charge in [0.25, 0.3) is 0 Å². The van der Waals surface area contributed by atoms with E-state index in [4.69, 9.17) is 16.3 Å². The number of nitrogens with one attached hydrogen (secondary N) is 1. The Morgan fingerprint density at radius 3 is 2.95 bits per heavy atom. The fourth-order valence-electron chi connectivity index (χ4n) is 2.34. The molecule has 1 aromatic carbocycles. The van der Waals surface area contributed by atoms with Crippen molar-refractivity contribution in [1.29, 1.82) is 0 Å². The molecular weight excluding hydrogens is 260 g/mol. The Morgan fingerprint density at radius 1 is 1.42 bits per heavy atom. The molecule has 1 unspecified atom stereocenters. The van der Waals surface area contributed by atoms with Crippen LogP contribution in [0.25, 0.3) is 0 Å². The maximum absolute atomic E-state index is 6.36. The van der Waals surface area contributed by atoms with Crippen molar-refractivity contribution >= 4 is 17.3 Å². The van der Waals surface area contributed by atoms with E-state index >= 15 is 0 Å². The van der Waals surface area contributed by atoms with Crippen molar-refractivity contribution < 1.29 is 4.74 Å². The molecule has 4 heteroatoms. The number of halogens is 1. The van der Waals surface area contributed by atoms with E-state index in [0.29, 0.717) is 6.10 Å². The van der Waals surface area contributed by atoms with Gasteiger partial charge in [0.05, 0.1) is 12.7 Å². The maximum atomic E-state index is 6.36. The molecule has 1 N–H and O–H groups in total. The maximum Gasteiger partial charge on any atom is 0.0748 e. The lowest BCUT2D eigenvalue weighted by atomic mass is 10.1. The van der Waals surface area contributed by atoms with E-state index in [1.165, 1.54) is 5.69 Å². The minimum Gasteiger partial charge on any atom is -0.375 e. The van der Waals surface area contributed by atoms with Crippen LogP contribution in [0.3, 0.4) is 0 Å². The second-order valence-electron chi connectivity index (χ2n) is 4.90. The summed E-state index contributed by atoms with van der Waals surface area (Å²) in [5.41, 5.74) is 2.36. The van der Waals surface area contributed by atoms with E-state index in [1.54, 1.807) is 0 Å². The molecule has 0 radical (unpaired) electrons. The number of benzene rings is 1. The van der Waals surface area contributed by atoms with E-state index in [2.05, 4.69) is 42.3 Å². The van der Waals surface area contributed by atoms with Crippen LogP contribution in [0.1, 0.15) is 25.8 Å². The average Bonchev–Trinajstić information content (AvgIpc) is 2.46. The van der Waals surface area contributed by atoms with Gasteiger partial charge in [-0.25, -0.2) is 0 Å². The van der Waals surface area contributed by atoms with E-state index in [1.807, 2.05) is 0 Å². The summed E-state index contributed by atoms with van der Waals surface area (Å²) in [5, 5.41) is 4.15. The van der Waals surface area contributed by atoms with Gasteiger partial charge in [-0.2, -0.15) is 0 Å². The van der Waals surface area contributed by atoms with E-state index in [-0.39, 0.29) is 0 Å². The number of anilines is 1. The molecule has 0 aromatic heterocycles. The molecule has 3 nitrogen and oxygen atoms in total. The van der Waals surface area contributed by atoms with Gasteiger partial charge >= 0.3 is 0 Å². The zero-order valence-corrected chi connectivity index (χ0v) is 12.5. The monoisotopic (exact) mass is 282 g/mol. The van der Waals surface area contributed by atoms with Crippen molar-refractivity contribution in [3.8, 4) is 0 Å². The third-order valence-corrected chi connectivity index (χ3v) is 3.91. The number of hydrogen-bond acceptors (Lipinski definition) is 3. The van der Waals surface area contributed by atoms with Crippen molar-refractivity contribution in [2.24, 2.45) is 0 Å². The van der Waals surface area contributed by atoms with Crippen LogP contribution in [0, 0.1) is 0 Å². The molecule has 1 fully saturated rings. The second-order valence-corrected chi connectivity index (χ2v) is 5.31. The zero-order valence-electron chi connectivity index (χ0n) is 11.8. The second kappa shape index (κ2) is 7.13. The Morgan fingerprint density at radius 2 is 2.26 bits per heavy atom. The molecule has 106 valence electrons. The molecule has 1 atom stereocenters. The first-order valence-electron chi connectivity index (χ1n) is 7.10. The molecule has 0 amide bonds. The molecule has 19 heavy (non-hydrogen) atoms. The third-order valence-electron chi connectivity index (χ3n) is 3.56. The highest BCUT2D eigenvalue weighted by atomic mass is 35.5. The zero-order chi connectivity index (χ0) is 13.7. The van der Waals surface area contributed by atoms with Crippen LogP contribution in [-0.4, -0.2) is 32.3 Å². The summed E-state index contributed by atoms with van der Waals surface area (Å²) in [4.78, 5) is 2.36. The van der Waals surface area contributed by atoms with Gasteiger partial charge in [0, 0.05) is 30.3 Å². The summed E-state index contributed by atoms with van der Waals surface area (Å²) < 4.78 is 5.70. The van der Waals surface area contributed by atoms with Gasteiger partial charge in [-0.3, -0.25) is 0 Å². The molecule has 0 saturated carbocycles. The third kappa shape index (κ3) is 3.85. The van der Waals surface area contributed by atoms with Crippen LogP contribution in [0.5, 0.6) is 0 Å². The van der Waals surface area contributed by atoms with Crippen LogP contribution in [-0.2, 0) is 11.3 Å². The van der Waals surface area contributed by atoms with Gasteiger partial charge in [0.2, 0.25) is 0 Å². The summed E-state index contributed by atoms with van der Waals surface area (Å²) >= 11 is 6.36. The van der Waals surface area contributed by atoms with Gasteiger partial charge in [0.15, 0.2) is 0 Å². The Bertz CT molecular complexity index is 411. The highest BCUT2D eigenvalue weighted by Gasteiger charge is 2.19. The number of nitrogens with zero attached hydrogens (tertiary/aromatic N) is 1. The minimum absolute atomic E-state index is 0.342. The minimum atomic E-state index is 0.342. The lowest BCUT2D eigenvalue weighted by molar-refractivity contribution is 0.0384. The lowest BCUT2D eigenvalue weighted by Crippen LogP contribution is -2.42. The average molecular weight is 283 g/mol. The first kappa shape index (κ1) is 14.6. The summed E-state index contributed by atoms with van der Waals surface area (Å²) in [5.74, 6) is 0. The molecule has 1 saturated heterocycles. The Labute approximate surface area is 120 Å². The molecule has 1 aliphatic rings. The van der Waals surface area contributed by atoms with Gasteiger partial charge < -0.3 is 15.0 Å². The van der Waals surface area contributed by atoms with Crippen LogP contribution in [0.4, 0.5) is 5.69 Å². The smallest absolute Gasteiger partial charge is 0.0748 e. The molecule has 2 rings (SSSR count). The summed E-state index contributed by atoms with van der Waals surface area (Å²) in [6, 6.07) is 6.36. The van der Waals surface area contributed by atoms with Gasteiger partial charge in [-0.15, -0.1) is 0 Å². The van der Waals surface area contributed by atoms with Gasteiger partial charge in [0.1, 0.15) is 0 Å². The summed E-state index contributed by atoms with van der Waals surface area (Å²) in [7, 11) is 0. The largest absolute Gasteiger partial charge is 0.375 e. The highest BCUT2D eigenvalue weighted by Crippen LogP contribution is 2.25. The first-order chi connectivity index (χ1) is 9.24. The Kier molecular flexibility index (Phi) is 5.49. The van der Waals surface area contributed by atoms with Crippen molar-refractivity contribution in [2.75, 3.05) is 31.1 Å². The predicted octanol–water partition coefficient (Wildman–Crippen LogP) is 3.06. The van der Waals surface area contributed by atoms with E-state index < -0.39 is 0 Å². The predicted molar refractivity (Wildman–Crippen MR) is 81.1 cm³/mol. The van der Waals surface area contributed by atoms with Crippen LogP contribution >= 0.6 is 11.6 Å². The number of hydrogen-bond donors (Lipinski definition) is 1. The quantitative estimate of drug-likeness (QED) is 0.898. The topological polar surface area (TPSA) is 24.5 Å². The lowest BCUT2D eigenvalue weighted by Gasteiger charge is -2.34. The molecule has 1 heterocycles. The number of ether oxygens (including phenoxy) is 1. The normalized spacial score (nSPS) is 19.7. The highest BCUT2D eigenvalue weighted by molar-refractivity contribution is 6.31. The van der Waals surface area contributed by atoms with Crippen molar-refractivity contribution in [3.63, 3.8) is 0 Å². The van der Waals surface area contributed by atoms with Crippen LogP contribution in [0.2, 0.25) is 5.02 Å². The Balaban J connectivity index is 2.06. The fraction of sp³-hybridized carbons (Fsp3) is 0.600. The SMILES string of the molecule is CCNCc1ccc(N2CCOC(CC)C2)cc1Cl. The molecule has 0 aliphatic carbocycles. The number of morpholine rings is 1. The van der Waals surface area contributed by atoms with Crippen LogP contribution in [0.15, 0.2) is 18.2 Å². The summed E-state index contributed by atoms with van der Waals surface area (Å²) in [6.07, 6.45) is 1.40. The molecule has 1 aromatic rings. The Hall–Kier alpha value is -0.770. The van der Waals surface area contributed by atoms with E-state index in [9.17, 15) is 0 Å². The molecular formula is C15H23ClN2O. The fourth-order valence-corrected chi connectivity index (χ4v) is 2.58. The van der Waals surface area contributed by atoms with E-state index in [0.717, 1.165) is 49.8 Å². The standard InChI is InChI=1S/C15H23ClN2O/c1-3-14-11-18(7-8-19-14)13-6-5-12(10-17-4-2)15(16)9-13/h5-6,9,14,17H,3-4,7-8,10-11H2,1-2H3. The molecule has 0 spiro atoms. The van der Waals surface area contributed by atoms with Crippen molar-refractivity contribution in [3.05, 3.63) is 28.8 Å². The van der Waals surface area contributed by atoms with Gasteiger partial charge in [-0.1, -0.05) is 31.5 Å². The first-order valence-corrected chi connectivity index (χ1v) is 7.48. The molecule has 1 aliphatic heterocycles. The van der Waals surface area contributed by atoms with Crippen molar-refractivity contribution in [1.82, 2.24) is 5.32 Å². The summed E-state index contributed by atoms with van der Waals surface area (Å²) in [6.45, 7) is 8.76. The number of rotatable bonds is 5.